The van der Waals surface area contributed by atoms with Gasteiger partial charge in [0.25, 0.3) is 0 Å². The second kappa shape index (κ2) is 5.87. The lowest BCUT2D eigenvalue weighted by Gasteiger charge is -2.32. The first-order valence-corrected chi connectivity index (χ1v) is 7.23. The quantitative estimate of drug-likeness (QED) is 0.831. The Morgan fingerprint density at radius 2 is 1.68 bits per heavy atom. The van der Waals surface area contributed by atoms with E-state index in [1.807, 2.05) is 27.7 Å². The summed E-state index contributed by atoms with van der Waals surface area (Å²) < 4.78 is 11.9. The van der Waals surface area contributed by atoms with Crippen molar-refractivity contribution in [3.63, 3.8) is 0 Å². The molecule has 5 nitrogen and oxygen atoms in total. The first-order valence-electron chi connectivity index (χ1n) is 7.23. The van der Waals surface area contributed by atoms with Crippen LogP contribution in [-0.4, -0.2) is 35.9 Å². The fourth-order valence-corrected chi connectivity index (χ4v) is 2.14. The molecule has 0 aromatic heterocycles. The molecule has 22 heavy (non-hydrogen) atoms. The van der Waals surface area contributed by atoms with E-state index < -0.39 is 24.2 Å². The molecular weight excluding hydrogens is 281 g/mol. The first kappa shape index (κ1) is 16.7. The zero-order valence-electron chi connectivity index (χ0n) is 13.4. The summed E-state index contributed by atoms with van der Waals surface area (Å²) >= 11 is 0. The molecule has 0 atom stereocenters. The maximum absolute atomic E-state index is 11.1. The summed E-state index contributed by atoms with van der Waals surface area (Å²) in [4.78, 5) is 11.1. The van der Waals surface area contributed by atoms with Crippen LogP contribution in [0.5, 0.6) is 0 Å². The van der Waals surface area contributed by atoms with Gasteiger partial charge in [0.15, 0.2) is 0 Å². The molecular formula is C16H22BNO4. The van der Waals surface area contributed by atoms with E-state index in [4.69, 9.17) is 15.0 Å². The minimum absolute atomic E-state index is 0.172. The van der Waals surface area contributed by atoms with E-state index in [9.17, 15) is 9.90 Å². The zero-order chi connectivity index (χ0) is 16.5. The number of nitrogens with two attached hydrogens (primary N) is 1. The Bertz CT molecular complexity index is 577. The second-order valence-electron chi connectivity index (χ2n) is 6.45. The smallest absolute Gasteiger partial charge is 0.400 e. The summed E-state index contributed by atoms with van der Waals surface area (Å²) in [7, 11) is -0.592. The minimum Gasteiger partial charge on any atom is -0.400 e. The maximum atomic E-state index is 11.1. The van der Waals surface area contributed by atoms with Crippen molar-refractivity contribution in [2.75, 3.05) is 6.61 Å². The number of rotatable bonds is 4. The van der Waals surface area contributed by atoms with Crippen LogP contribution in [-0.2, 0) is 9.31 Å². The highest BCUT2D eigenvalue weighted by Gasteiger charge is 2.52. The Morgan fingerprint density at radius 1 is 1.18 bits per heavy atom. The van der Waals surface area contributed by atoms with Gasteiger partial charge >= 0.3 is 7.12 Å². The molecule has 0 aliphatic carbocycles. The topological polar surface area (TPSA) is 81.8 Å². The number of carbonyl (C=O) groups excluding carboxylic acids is 1. The molecule has 3 N–H and O–H groups in total. The van der Waals surface area contributed by atoms with Crippen LogP contribution in [0, 0.1) is 0 Å². The highest BCUT2D eigenvalue weighted by molar-refractivity contribution is 6.55. The molecule has 1 amide bonds. The SMILES string of the molecule is CC1(C)OB(C(=Cc2ccc(C(N)=O)cc2)CO)OC1(C)C. The molecule has 118 valence electrons. The lowest BCUT2D eigenvalue weighted by molar-refractivity contribution is 0.00578. The number of benzene rings is 1. The highest BCUT2D eigenvalue weighted by atomic mass is 16.7. The largest absolute Gasteiger partial charge is 0.492 e. The van der Waals surface area contributed by atoms with E-state index in [0.717, 1.165) is 5.56 Å². The Hall–Kier alpha value is -1.63. The Morgan fingerprint density at radius 3 is 2.09 bits per heavy atom. The van der Waals surface area contributed by atoms with Gasteiger partial charge < -0.3 is 20.1 Å². The molecule has 0 bridgehead atoms. The van der Waals surface area contributed by atoms with E-state index >= 15 is 0 Å². The van der Waals surface area contributed by atoms with Crippen LogP contribution in [0.15, 0.2) is 29.7 Å². The Balaban J connectivity index is 2.23. The second-order valence-corrected chi connectivity index (χ2v) is 6.45. The van der Waals surface area contributed by atoms with Crippen LogP contribution in [0.4, 0.5) is 0 Å². The van der Waals surface area contributed by atoms with Gasteiger partial charge in [-0.15, -0.1) is 0 Å². The number of aliphatic hydroxyl groups excluding tert-OH is 1. The average Bonchev–Trinajstić information content (AvgIpc) is 2.65. The van der Waals surface area contributed by atoms with Crippen molar-refractivity contribution in [1.29, 1.82) is 0 Å². The molecule has 1 aromatic carbocycles. The zero-order valence-corrected chi connectivity index (χ0v) is 13.4. The summed E-state index contributed by atoms with van der Waals surface area (Å²) in [6.07, 6.45) is 1.80. The third-order valence-corrected chi connectivity index (χ3v) is 4.29. The fraction of sp³-hybridized carbons (Fsp3) is 0.438. The molecule has 6 heteroatoms. The lowest BCUT2D eigenvalue weighted by atomic mass is 9.77. The van der Waals surface area contributed by atoms with Crippen LogP contribution < -0.4 is 5.73 Å². The fourth-order valence-electron chi connectivity index (χ4n) is 2.14. The first-order chi connectivity index (χ1) is 10.2. The predicted molar refractivity (Wildman–Crippen MR) is 86.1 cm³/mol. The summed E-state index contributed by atoms with van der Waals surface area (Å²) in [6.45, 7) is 7.68. The Labute approximate surface area is 131 Å². The van der Waals surface area contributed by atoms with Crippen LogP contribution in [0.2, 0.25) is 0 Å². The van der Waals surface area contributed by atoms with Crippen molar-refractivity contribution < 1.29 is 19.2 Å². The third-order valence-electron chi connectivity index (χ3n) is 4.29. The van der Waals surface area contributed by atoms with E-state index in [1.165, 1.54) is 0 Å². The molecule has 1 heterocycles. The normalized spacial score (nSPS) is 20.2. The molecule has 2 rings (SSSR count). The molecule has 1 aliphatic rings. The number of hydrogen-bond acceptors (Lipinski definition) is 4. The standard InChI is InChI=1S/C16H22BNO4/c1-15(2)16(3,4)22-17(21-15)13(10-19)9-11-5-7-12(8-6-11)14(18)20/h5-9,19H,10H2,1-4H3,(H2,18,20). The summed E-state index contributed by atoms with van der Waals surface area (Å²) in [5, 5.41) is 9.63. The van der Waals surface area contributed by atoms with Gasteiger partial charge in [-0.3, -0.25) is 4.79 Å². The number of amides is 1. The van der Waals surface area contributed by atoms with Crippen LogP contribution in [0.25, 0.3) is 6.08 Å². The number of hydrogen-bond donors (Lipinski definition) is 2. The van der Waals surface area contributed by atoms with E-state index in [0.29, 0.717) is 11.0 Å². The molecule has 1 fully saturated rings. The molecule has 1 saturated heterocycles. The lowest BCUT2D eigenvalue weighted by Crippen LogP contribution is -2.41. The molecule has 1 aliphatic heterocycles. The number of primary amides is 1. The van der Waals surface area contributed by atoms with Crippen molar-refractivity contribution in [2.24, 2.45) is 5.73 Å². The van der Waals surface area contributed by atoms with Gasteiger partial charge in [-0.2, -0.15) is 0 Å². The van der Waals surface area contributed by atoms with E-state index in [1.54, 1.807) is 30.3 Å². The maximum Gasteiger partial charge on any atom is 0.492 e. The van der Waals surface area contributed by atoms with Crippen molar-refractivity contribution in [3.8, 4) is 0 Å². The van der Waals surface area contributed by atoms with Gasteiger partial charge in [0.1, 0.15) is 0 Å². The highest BCUT2D eigenvalue weighted by Crippen LogP contribution is 2.38. The van der Waals surface area contributed by atoms with Crippen molar-refractivity contribution in [2.45, 2.75) is 38.9 Å². The van der Waals surface area contributed by atoms with Crippen molar-refractivity contribution >= 4 is 19.1 Å². The number of aliphatic hydroxyl groups is 1. The van der Waals surface area contributed by atoms with Gasteiger partial charge in [0.05, 0.1) is 17.8 Å². The summed E-state index contributed by atoms with van der Waals surface area (Å²) in [5.41, 5.74) is 6.21. The summed E-state index contributed by atoms with van der Waals surface area (Å²) in [6, 6.07) is 6.82. The van der Waals surface area contributed by atoms with Crippen LogP contribution >= 0.6 is 0 Å². The van der Waals surface area contributed by atoms with Crippen molar-refractivity contribution in [3.05, 3.63) is 40.9 Å². The van der Waals surface area contributed by atoms with E-state index in [-0.39, 0.29) is 6.61 Å². The molecule has 0 saturated carbocycles. The van der Waals surface area contributed by atoms with Crippen LogP contribution in [0.1, 0.15) is 43.6 Å². The summed E-state index contributed by atoms with van der Waals surface area (Å²) in [5.74, 6) is -0.469. The van der Waals surface area contributed by atoms with Gasteiger partial charge in [-0.05, 0) is 50.9 Å². The van der Waals surface area contributed by atoms with E-state index in [2.05, 4.69) is 0 Å². The van der Waals surface area contributed by atoms with Gasteiger partial charge in [-0.1, -0.05) is 18.2 Å². The van der Waals surface area contributed by atoms with Crippen LogP contribution in [0.3, 0.4) is 0 Å². The molecule has 0 unspecified atom stereocenters. The van der Waals surface area contributed by atoms with Gasteiger partial charge in [0.2, 0.25) is 5.91 Å². The average molecular weight is 303 g/mol. The monoisotopic (exact) mass is 303 g/mol. The molecule has 0 radical (unpaired) electrons. The number of carbonyl (C=O) groups is 1. The van der Waals surface area contributed by atoms with Crippen molar-refractivity contribution in [1.82, 2.24) is 0 Å². The Kier molecular flexibility index (Phi) is 4.47. The van der Waals surface area contributed by atoms with Gasteiger partial charge in [-0.25, -0.2) is 0 Å². The predicted octanol–water partition coefficient (Wildman–Crippen LogP) is 1.79. The molecule has 1 aromatic rings. The molecule has 0 spiro atoms. The third kappa shape index (κ3) is 3.24. The minimum atomic E-state index is -0.592. The van der Waals surface area contributed by atoms with Gasteiger partial charge in [0, 0.05) is 5.56 Å².